The Bertz CT molecular complexity index is 568. The number of hydrogen-bond donors (Lipinski definition) is 2. The molecule has 0 amide bonds. The molecule has 4 fully saturated rings. The van der Waals surface area contributed by atoms with Crippen molar-refractivity contribution in [2.45, 2.75) is 75.1 Å². The van der Waals surface area contributed by atoms with Gasteiger partial charge in [-0.1, -0.05) is 0 Å². The zero-order chi connectivity index (χ0) is 18.7. The molecule has 4 aliphatic carbocycles. The Kier molecular flexibility index (Phi) is 4.15. The van der Waals surface area contributed by atoms with Gasteiger partial charge in [0.2, 0.25) is 0 Å². The highest BCUT2D eigenvalue weighted by atomic mass is 19.3. The van der Waals surface area contributed by atoms with E-state index in [1.165, 1.54) is 0 Å². The van der Waals surface area contributed by atoms with Crippen molar-refractivity contribution in [1.82, 2.24) is 0 Å². The molecule has 0 aliphatic heterocycles. The molecule has 4 bridgehead atoms. The Morgan fingerprint density at radius 3 is 2.16 bits per heavy atom. The largest absolute Gasteiger partial charge is 0.458 e. The number of rotatable bonds is 5. The number of esters is 2. The summed E-state index contributed by atoms with van der Waals surface area (Å²) in [5.74, 6) is -5.99. The van der Waals surface area contributed by atoms with E-state index < -0.39 is 41.3 Å². The highest BCUT2D eigenvalue weighted by Gasteiger charge is 2.60. The average molecular weight is 362 g/mol. The molecule has 0 aromatic heterocycles. The van der Waals surface area contributed by atoms with Gasteiger partial charge in [0, 0.05) is 13.3 Å². The van der Waals surface area contributed by atoms with Crippen molar-refractivity contribution in [2.75, 3.05) is 6.61 Å². The van der Waals surface area contributed by atoms with Gasteiger partial charge in [-0.3, -0.25) is 0 Å². The van der Waals surface area contributed by atoms with Gasteiger partial charge in [-0.05, 0) is 50.9 Å². The number of hydrogen-bond acceptors (Lipinski definition) is 6. The fourth-order valence-corrected chi connectivity index (χ4v) is 4.95. The Morgan fingerprint density at radius 1 is 1.12 bits per heavy atom. The van der Waals surface area contributed by atoms with Crippen LogP contribution in [-0.2, 0) is 19.1 Å². The van der Waals surface area contributed by atoms with Gasteiger partial charge in [-0.15, -0.1) is 0 Å². The van der Waals surface area contributed by atoms with Crippen LogP contribution in [0.15, 0.2) is 0 Å². The predicted octanol–water partition coefficient (Wildman–Crippen LogP) is 1.56. The van der Waals surface area contributed by atoms with Crippen LogP contribution in [0.3, 0.4) is 0 Å². The lowest BCUT2D eigenvalue weighted by atomic mass is 9.52. The van der Waals surface area contributed by atoms with E-state index in [0.29, 0.717) is 39.0 Å². The number of aliphatic hydroxyl groups is 2. The van der Waals surface area contributed by atoms with Gasteiger partial charge in [0.25, 0.3) is 0 Å². The molecule has 0 radical (unpaired) electrons. The summed E-state index contributed by atoms with van der Waals surface area (Å²) in [7, 11) is 0. The summed E-state index contributed by atoms with van der Waals surface area (Å²) in [5, 5.41) is 20.8. The van der Waals surface area contributed by atoms with Crippen LogP contribution in [0.1, 0.15) is 52.4 Å². The zero-order valence-corrected chi connectivity index (χ0v) is 14.4. The first-order valence-electron chi connectivity index (χ1n) is 8.56. The van der Waals surface area contributed by atoms with E-state index in [4.69, 9.17) is 4.74 Å². The van der Waals surface area contributed by atoms with Crippen molar-refractivity contribution >= 4 is 11.9 Å². The molecule has 4 aliphatic rings. The zero-order valence-electron chi connectivity index (χ0n) is 14.4. The average Bonchev–Trinajstić information content (AvgIpc) is 2.40. The Balaban J connectivity index is 1.64. The minimum absolute atomic E-state index is 0.278. The predicted molar refractivity (Wildman–Crippen MR) is 80.7 cm³/mol. The molecule has 25 heavy (non-hydrogen) atoms. The third-order valence-electron chi connectivity index (χ3n) is 5.57. The Labute approximate surface area is 144 Å². The van der Waals surface area contributed by atoms with E-state index in [1.54, 1.807) is 0 Å². The summed E-state index contributed by atoms with van der Waals surface area (Å²) >= 11 is 0. The Morgan fingerprint density at radius 2 is 1.68 bits per heavy atom. The topological polar surface area (TPSA) is 93.1 Å². The summed E-state index contributed by atoms with van der Waals surface area (Å²) in [5.41, 5.74) is -3.90. The van der Waals surface area contributed by atoms with Crippen LogP contribution in [0, 0.1) is 11.8 Å². The fraction of sp³-hybridized carbons (Fsp3) is 0.882. The van der Waals surface area contributed by atoms with Crippen LogP contribution < -0.4 is 0 Å². The molecule has 0 aromatic carbocycles. The van der Waals surface area contributed by atoms with Crippen molar-refractivity contribution in [1.29, 1.82) is 0 Å². The molecule has 0 aromatic rings. The van der Waals surface area contributed by atoms with Crippen molar-refractivity contribution in [3.63, 3.8) is 0 Å². The van der Waals surface area contributed by atoms with Gasteiger partial charge in [0.05, 0.1) is 5.60 Å². The second-order valence-corrected chi connectivity index (χ2v) is 8.50. The van der Waals surface area contributed by atoms with Gasteiger partial charge < -0.3 is 19.7 Å². The monoisotopic (exact) mass is 362 g/mol. The van der Waals surface area contributed by atoms with E-state index in [0.717, 1.165) is 13.3 Å². The molecule has 4 saturated carbocycles. The van der Waals surface area contributed by atoms with Crippen molar-refractivity contribution < 1.29 is 38.1 Å². The Hall–Kier alpha value is -1.28. The number of halogens is 2. The van der Waals surface area contributed by atoms with Crippen LogP contribution in [0.25, 0.3) is 0 Å². The van der Waals surface area contributed by atoms with Gasteiger partial charge in [-0.25, -0.2) is 9.59 Å². The quantitative estimate of drug-likeness (QED) is 0.721. The highest BCUT2D eigenvalue weighted by molar-refractivity contribution is 5.81. The normalized spacial score (nSPS) is 39.0. The number of carbonyl (C=O) groups is 2. The lowest BCUT2D eigenvalue weighted by Gasteiger charge is -2.59. The lowest BCUT2D eigenvalue weighted by molar-refractivity contribution is -0.232. The molecule has 142 valence electrons. The standard InChI is InChI=1S/C17H24F2O6/c1-14(22,9-24-13(21)15(2,18)19)12(20)25-17-6-10-3-11(7-17)5-16(23,4-10)8-17/h10-11,22-23H,3-9H2,1-2H3. The number of alkyl halides is 2. The minimum atomic E-state index is -3.71. The molecule has 2 N–H and O–H groups in total. The minimum Gasteiger partial charge on any atom is -0.458 e. The molecule has 0 heterocycles. The van der Waals surface area contributed by atoms with Gasteiger partial charge in [-0.2, -0.15) is 8.78 Å². The van der Waals surface area contributed by atoms with E-state index in [-0.39, 0.29) is 11.8 Å². The molecule has 3 unspecified atom stereocenters. The van der Waals surface area contributed by atoms with E-state index in [2.05, 4.69) is 4.74 Å². The smallest absolute Gasteiger partial charge is 0.376 e. The first-order chi connectivity index (χ1) is 11.3. The fourth-order valence-electron chi connectivity index (χ4n) is 4.95. The molecule has 6 nitrogen and oxygen atoms in total. The molecular weight excluding hydrogens is 338 g/mol. The maximum atomic E-state index is 12.8. The lowest BCUT2D eigenvalue weighted by Crippen LogP contribution is -2.61. The van der Waals surface area contributed by atoms with E-state index >= 15 is 0 Å². The van der Waals surface area contributed by atoms with Crippen LogP contribution >= 0.6 is 0 Å². The van der Waals surface area contributed by atoms with E-state index in [9.17, 15) is 28.6 Å². The van der Waals surface area contributed by atoms with E-state index in [1.807, 2.05) is 0 Å². The first kappa shape index (κ1) is 18.5. The second-order valence-electron chi connectivity index (χ2n) is 8.50. The summed E-state index contributed by atoms with van der Waals surface area (Å²) in [6.07, 6.45) is 3.97. The second kappa shape index (κ2) is 5.61. The number of carbonyl (C=O) groups excluding carboxylic acids is 2. The third-order valence-corrected chi connectivity index (χ3v) is 5.57. The summed E-state index contributed by atoms with van der Waals surface area (Å²) < 4.78 is 35.6. The van der Waals surface area contributed by atoms with Gasteiger partial charge in [0.1, 0.15) is 12.2 Å². The molecule has 0 saturated heterocycles. The van der Waals surface area contributed by atoms with Gasteiger partial charge in [0.15, 0.2) is 5.60 Å². The van der Waals surface area contributed by atoms with Crippen LogP contribution in [-0.4, -0.2) is 51.5 Å². The van der Waals surface area contributed by atoms with Crippen LogP contribution in [0.4, 0.5) is 8.78 Å². The first-order valence-corrected chi connectivity index (χ1v) is 8.56. The van der Waals surface area contributed by atoms with Crippen molar-refractivity contribution in [3.05, 3.63) is 0 Å². The highest BCUT2D eigenvalue weighted by Crippen LogP contribution is 2.59. The third kappa shape index (κ3) is 3.65. The molecule has 0 spiro atoms. The SMILES string of the molecule is CC(F)(F)C(=O)OCC(C)(O)C(=O)OC12CC3CC(CC(O)(C3)C1)C2. The number of ether oxygens (including phenoxy) is 2. The van der Waals surface area contributed by atoms with Crippen molar-refractivity contribution in [3.8, 4) is 0 Å². The van der Waals surface area contributed by atoms with Crippen LogP contribution in [0.5, 0.6) is 0 Å². The summed E-state index contributed by atoms with van der Waals surface area (Å²) in [6.45, 7) is 0.519. The maximum Gasteiger partial charge on any atom is 0.376 e. The summed E-state index contributed by atoms with van der Waals surface area (Å²) in [6, 6.07) is 0. The molecule has 8 heteroatoms. The van der Waals surface area contributed by atoms with Crippen molar-refractivity contribution in [2.24, 2.45) is 11.8 Å². The maximum absolute atomic E-state index is 12.8. The summed E-state index contributed by atoms with van der Waals surface area (Å²) in [4.78, 5) is 23.5. The van der Waals surface area contributed by atoms with Crippen LogP contribution in [0.2, 0.25) is 0 Å². The molecular formula is C17H24F2O6. The molecule has 4 rings (SSSR count). The molecule has 3 atom stereocenters. The van der Waals surface area contributed by atoms with Gasteiger partial charge >= 0.3 is 17.9 Å².